The quantitative estimate of drug-likeness (QED) is 0.758. The Morgan fingerprint density at radius 3 is 2.65 bits per heavy atom. The van der Waals surface area contributed by atoms with Gasteiger partial charge in [0.05, 0.1) is 11.8 Å². The molecule has 2 amide bonds. The van der Waals surface area contributed by atoms with Crippen molar-refractivity contribution in [3.05, 3.63) is 35.9 Å². The molecule has 106 valence electrons. The molecule has 1 aromatic carbocycles. The second-order valence-electron chi connectivity index (χ2n) is 4.87. The molecule has 1 aliphatic heterocycles. The predicted molar refractivity (Wildman–Crippen MR) is 73.8 cm³/mol. The SMILES string of the molecule is CCNC(=O)C(=O)[C@H]1CNC(=O)[C@@H]1Cc1ccccc1. The molecule has 1 aliphatic rings. The van der Waals surface area contributed by atoms with E-state index >= 15 is 0 Å². The van der Waals surface area contributed by atoms with Gasteiger partial charge < -0.3 is 10.6 Å². The van der Waals surface area contributed by atoms with Gasteiger partial charge in [-0.2, -0.15) is 0 Å². The van der Waals surface area contributed by atoms with Crippen LogP contribution < -0.4 is 10.6 Å². The number of carbonyl (C=O) groups is 3. The van der Waals surface area contributed by atoms with Crippen molar-refractivity contribution in [2.24, 2.45) is 11.8 Å². The van der Waals surface area contributed by atoms with Gasteiger partial charge in [0.15, 0.2) is 0 Å². The lowest BCUT2D eigenvalue weighted by atomic mass is 9.86. The standard InChI is InChI=1S/C15H18N2O3/c1-2-16-15(20)13(18)12-9-17-14(19)11(12)8-10-6-4-3-5-7-10/h3-7,11-12H,2,8-9H2,1H3,(H,16,20)(H,17,19)/t11-,12+/m1/s1. The van der Waals surface area contributed by atoms with Crippen LogP contribution in [-0.2, 0) is 20.8 Å². The topological polar surface area (TPSA) is 75.3 Å². The first-order valence-electron chi connectivity index (χ1n) is 6.77. The highest BCUT2D eigenvalue weighted by Crippen LogP contribution is 2.23. The van der Waals surface area contributed by atoms with Gasteiger partial charge in [0.25, 0.3) is 5.91 Å². The molecule has 5 nitrogen and oxygen atoms in total. The zero-order chi connectivity index (χ0) is 14.5. The fraction of sp³-hybridized carbons (Fsp3) is 0.400. The van der Waals surface area contributed by atoms with Crippen LogP contribution in [0, 0.1) is 11.8 Å². The fourth-order valence-corrected chi connectivity index (χ4v) is 2.46. The number of nitrogens with one attached hydrogen (secondary N) is 2. The molecule has 0 radical (unpaired) electrons. The van der Waals surface area contributed by atoms with Crippen molar-refractivity contribution in [3.63, 3.8) is 0 Å². The summed E-state index contributed by atoms with van der Waals surface area (Å²) in [6.45, 7) is 2.40. The molecule has 1 fully saturated rings. The van der Waals surface area contributed by atoms with Crippen molar-refractivity contribution in [1.29, 1.82) is 0 Å². The maximum Gasteiger partial charge on any atom is 0.287 e. The minimum absolute atomic E-state index is 0.156. The number of likely N-dealkylation sites (N-methyl/N-ethyl adjacent to an activating group) is 1. The van der Waals surface area contributed by atoms with Gasteiger partial charge in [0.1, 0.15) is 0 Å². The minimum atomic E-state index is -0.605. The van der Waals surface area contributed by atoms with Gasteiger partial charge in [-0.3, -0.25) is 14.4 Å². The van der Waals surface area contributed by atoms with E-state index < -0.39 is 23.5 Å². The third-order valence-corrected chi connectivity index (χ3v) is 3.52. The normalized spacial score (nSPS) is 21.4. The van der Waals surface area contributed by atoms with Gasteiger partial charge in [0, 0.05) is 13.1 Å². The zero-order valence-electron chi connectivity index (χ0n) is 11.4. The third kappa shape index (κ3) is 3.04. The number of benzene rings is 1. The minimum Gasteiger partial charge on any atom is -0.355 e. The van der Waals surface area contributed by atoms with Gasteiger partial charge in [-0.05, 0) is 18.9 Å². The first-order chi connectivity index (χ1) is 9.63. The van der Waals surface area contributed by atoms with E-state index in [0.29, 0.717) is 13.0 Å². The van der Waals surface area contributed by atoms with E-state index in [1.165, 1.54) is 0 Å². The summed E-state index contributed by atoms with van der Waals surface area (Å²) in [5.41, 5.74) is 0.989. The van der Waals surface area contributed by atoms with Crippen molar-refractivity contribution in [1.82, 2.24) is 10.6 Å². The number of amides is 2. The maximum absolute atomic E-state index is 12.1. The van der Waals surface area contributed by atoms with Gasteiger partial charge in [-0.1, -0.05) is 30.3 Å². The summed E-state index contributed by atoms with van der Waals surface area (Å²) in [5, 5.41) is 5.17. The van der Waals surface area contributed by atoms with E-state index in [9.17, 15) is 14.4 Å². The Hall–Kier alpha value is -2.17. The van der Waals surface area contributed by atoms with Gasteiger partial charge in [-0.15, -0.1) is 0 Å². The molecule has 2 N–H and O–H groups in total. The Bertz CT molecular complexity index is 513. The molecule has 1 heterocycles. The maximum atomic E-state index is 12.1. The first kappa shape index (κ1) is 14.2. The number of ketones is 1. The second kappa shape index (κ2) is 6.32. The van der Waals surface area contributed by atoms with E-state index in [-0.39, 0.29) is 12.5 Å². The average molecular weight is 274 g/mol. The smallest absolute Gasteiger partial charge is 0.287 e. The van der Waals surface area contributed by atoms with Crippen LogP contribution in [0.4, 0.5) is 0 Å². The number of hydrogen-bond donors (Lipinski definition) is 2. The molecule has 1 aromatic rings. The molecule has 2 rings (SSSR count). The fourth-order valence-electron chi connectivity index (χ4n) is 2.46. The van der Waals surface area contributed by atoms with Gasteiger partial charge >= 0.3 is 0 Å². The molecule has 0 saturated carbocycles. The molecular formula is C15H18N2O3. The summed E-state index contributed by atoms with van der Waals surface area (Å²) in [6, 6.07) is 9.51. The van der Waals surface area contributed by atoms with Crippen LogP contribution in [0.15, 0.2) is 30.3 Å². The molecule has 0 bridgehead atoms. The summed E-state index contributed by atoms with van der Waals surface area (Å²) in [6.07, 6.45) is 0.475. The predicted octanol–water partition coefficient (Wildman–Crippen LogP) is 0.297. The van der Waals surface area contributed by atoms with E-state index in [4.69, 9.17) is 0 Å². The zero-order valence-corrected chi connectivity index (χ0v) is 11.4. The van der Waals surface area contributed by atoms with E-state index in [0.717, 1.165) is 5.56 Å². The van der Waals surface area contributed by atoms with E-state index in [2.05, 4.69) is 10.6 Å². The molecule has 5 heteroatoms. The van der Waals surface area contributed by atoms with Crippen LogP contribution in [0.25, 0.3) is 0 Å². The van der Waals surface area contributed by atoms with Crippen LogP contribution in [-0.4, -0.2) is 30.7 Å². The van der Waals surface area contributed by atoms with Gasteiger partial charge in [0.2, 0.25) is 11.7 Å². The molecule has 20 heavy (non-hydrogen) atoms. The first-order valence-corrected chi connectivity index (χ1v) is 6.77. The number of Topliss-reactive ketones (excluding diaryl/α,β-unsaturated/α-hetero) is 1. The summed E-state index contributed by atoms with van der Waals surface area (Å²) in [5.74, 6) is -2.31. The Balaban J connectivity index is 2.11. The Labute approximate surface area is 117 Å². The highest BCUT2D eigenvalue weighted by Gasteiger charge is 2.41. The lowest BCUT2D eigenvalue weighted by Crippen LogP contribution is -2.38. The molecule has 0 spiro atoms. The summed E-state index contributed by atoms with van der Waals surface area (Å²) in [4.78, 5) is 35.6. The Morgan fingerprint density at radius 2 is 2.00 bits per heavy atom. The highest BCUT2D eigenvalue weighted by molar-refractivity contribution is 6.37. The highest BCUT2D eigenvalue weighted by atomic mass is 16.2. The van der Waals surface area contributed by atoms with Crippen LogP contribution in [0.5, 0.6) is 0 Å². The van der Waals surface area contributed by atoms with Crippen molar-refractivity contribution in [2.75, 3.05) is 13.1 Å². The number of rotatable bonds is 5. The summed E-state index contributed by atoms with van der Waals surface area (Å²) < 4.78 is 0. The average Bonchev–Trinajstić information content (AvgIpc) is 2.81. The van der Waals surface area contributed by atoms with Crippen LogP contribution in [0.2, 0.25) is 0 Å². The lowest BCUT2D eigenvalue weighted by Gasteiger charge is -2.15. The third-order valence-electron chi connectivity index (χ3n) is 3.52. The largest absolute Gasteiger partial charge is 0.355 e. The molecule has 0 aliphatic carbocycles. The molecule has 2 atom stereocenters. The van der Waals surface area contributed by atoms with Crippen molar-refractivity contribution >= 4 is 17.6 Å². The molecule has 0 aromatic heterocycles. The second-order valence-corrected chi connectivity index (χ2v) is 4.87. The Kier molecular flexibility index (Phi) is 4.50. The van der Waals surface area contributed by atoms with Crippen LogP contribution >= 0.6 is 0 Å². The Morgan fingerprint density at radius 1 is 1.30 bits per heavy atom. The molecular weight excluding hydrogens is 256 g/mol. The van der Waals surface area contributed by atoms with E-state index in [1.54, 1.807) is 6.92 Å². The summed E-state index contributed by atoms with van der Waals surface area (Å²) >= 11 is 0. The van der Waals surface area contributed by atoms with Crippen molar-refractivity contribution in [3.8, 4) is 0 Å². The monoisotopic (exact) mass is 274 g/mol. The van der Waals surface area contributed by atoms with Crippen molar-refractivity contribution in [2.45, 2.75) is 13.3 Å². The van der Waals surface area contributed by atoms with E-state index in [1.807, 2.05) is 30.3 Å². The lowest BCUT2D eigenvalue weighted by molar-refractivity contribution is -0.141. The van der Waals surface area contributed by atoms with Gasteiger partial charge in [-0.25, -0.2) is 0 Å². The molecule has 0 unspecified atom stereocenters. The van der Waals surface area contributed by atoms with Crippen LogP contribution in [0.3, 0.4) is 0 Å². The number of hydrogen-bond acceptors (Lipinski definition) is 3. The number of carbonyl (C=O) groups excluding carboxylic acids is 3. The summed E-state index contributed by atoms with van der Waals surface area (Å²) in [7, 11) is 0. The van der Waals surface area contributed by atoms with Crippen molar-refractivity contribution < 1.29 is 14.4 Å². The molecule has 1 saturated heterocycles. The van der Waals surface area contributed by atoms with Crippen LogP contribution in [0.1, 0.15) is 12.5 Å².